The van der Waals surface area contributed by atoms with Crippen LogP contribution >= 0.6 is 0 Å². The van der Waals surface area contributed by atoms with Crippen molar-refractivity contribution in [3.8, 4) is 0 Å². The first kappa shape index (κ1) is 12.5. The van der Waals surface area contributed by atoms with E-state index in [9.17, 15) is 9.50 Å². The molecular formula is C14H20FNO. The van der Waals surface area contributed by atoms with Crippen molar-refractivity contribution < 1.29 is 9.50 Å². The molecule has 17 heavy (non-hydrogen) atoms. The van der Waals surface area contributed by atoms with Gasteiger partial charge in [-0.15, -0.1) is 0 Å². The van der Waals surface area contributed by atoms with E-state index < -0.39 is 5.60 Å². The molecule has 0 radical (unpaired) electrons. The van der Waals surface area contributed by atoms with Gasteiger partial charge in [0.25, 0.3) is 0 Å². The normalized spacial score (nSPS) is 29.2. The average Bonchev–Trinajstić information content (AvgIpc) is 2.33. The molecule has 0 saturated heterocycles. The number of rotatable bonds is 3. The Kier molecular flexibility index (Phi) is 3.79. The summed E-state index contributed by atoms with van der Waals surface area (Å²) in [5.74, 6) is -0.251. The fourth-order valence-electron chi connectivity index (χ4n) is 2.64. The molecule has 2 N–H and O–H groups in total. The maximum absolute atomic E-state index is 12.8. The van der Waals surface area contributed by atoms with Crippen LogP contribution in [0.1, 0.15) is 38.2 Å². The molecule has 2 rings (SSSR count). The molecule has 0 bridgehead atoms. The number of nitrogens with one attached hydrogen (secondary N) is 1. The Morgan fingerprint density at radius 1 is 1.29 bits per heavy atom. The second kappa shape index (κ2) is 5.15. The zero-order valence-corrected chi connectivity index (χ0v) is 10.2. The van der Waals surface area contributed by atoms with Gasteiger partial charge in [-0.25, -0.2) is 4.39 Å². The van der Waals surface area contributed by atoms with Gasteiger partial charge in [0, 0.05) is 6.04 Å². The zero-order valence-electron chi connectivity index (χ0n) is 10.2. The lowest BCUT2D eigenvalue weighted by atomic mass is 9.78. The van der Waals surface area contributed by atoms with Gasteiger partial charge in [-0.3, -0.25) is 0 Å². The smallest absolute Gasteiger partial charge is 0.123 e. The van der Waals surface area contributed by atoms with E-state index in [1.807, 2.05) is 0 Å². The van der Waals surface area contributed by atoms with Crippen LogP contribution in [0.3, 0.4) is 0 Å². The van der Waals surface area contributed by atoms with Crippen LogP contribution in [-0.2, 0) is 5.60 Å². The SMILES string of the molecule is CCNC1CCC(O)(c2ccc(F)cc2)CC1. The fraction of sp³-hybridized carbons (Fsp3) is 0.571. The van der Waals surface area contributed by atoms with Crippen LogP contribution in [0.5, 0.6) is 0 Å². The number of hydrogen-bond donors (Lipinski definition) is 2. The van der Waals surface area contributed by atoms with E-state index >= 15 is 0 Å². The maximum atomic E-state index is 12.8. The Balaban J connectivity index is 2.04. The molecule has 2 nitrogen and oxygen atoms in total. The van der Waals surface area contributed by atoms with Crippen molar-refractivity contribution in [2.75, 3.05) is 6.54 Å². The molecule has 0 aromatic heterocycles. The van der Waals surface area contributed by atoms with E-state index in [0.717, 1.165) is 37.8 Å². The first-order chi connectivity index (χ1) is 8.14. The highest BCUT2D eigenvalue weighted by Crippen LogP contribution is 2.36. The minimum absolute atomic E-state index is 0.251. The quantitative estimate of drug-likeness (QED) is 0.847. The molecule has 1 aliphatic carbocycles. The van der Waals surface area contributed by atoms with E-state index in [1.54, 1.807) is 12.1 Å². The van der Waals surface area contributed by atoms with Gasteiger partial charge in [0.05, 0.1) is 5.60 Å². The highest BCUT2D eigenvalue weighted by molar-refractivity contribution is 5.23. The van der Waals surface area contributed by atoms with Gasteiger partial charge in [-0.2, -0.15) is 0 Å². The van der Waals surface area contributed by atoms with Gasteiger partial charge < -0.3 is 10.4 Å². The topological polar surface area (TPSA) is 32.3 Å². The van der Waals surface area contributed by atoms with Gasteiger partial charge in [0.1, 0.15) is 5.82 Å². The molecule has 1 saturated carbocycles. The van der Waals surface area contributed by atoms with Crippen LogP contribution in [0.15, 0.2) is 24.3 Å². The fourth-order valence-corrected chi connectivity index (χ4v) is 2.64. The zero-order chi connectivity index (χ0) is 12.3. The van der Waals surface area contributed by atoms with Crippen molar-refractivity contribution in [1.29, 1.82) is 0 Å². The summed E-state index contributed by atoms with van der Waals surface area (Å²) in [4.78, 5) is 0. The van der Waals surface area contributed by atoms with E-state index in [2.05, 4.69) is 12.2 Å². The predicted molar refractivity (Wildman–Crippen MR) is 66.2 cm³/mol. The Hall–Kier alpha value is -0.930. The summed E-state index contributed by atoms with van der Waals surface area (Å²) in [7, 11) is 0. The Morgan fingerprint density at radius 2 is 1.88 bits per heavy atom. The van der Waals surface area contributed by atoms with Crippen molar-refractivity contribution in [2.24, 2.45) is 0 Å². The van der Waals surface area contributed by atoms with E-state index in [0.29, 0.717) is 6.04 Å². The van der Waals surface area contributed by atoms with Gasteiger partial charge in [-0.1, -0.05) is 19.1 Å². The monoisotopic (exact) mass is 237 g/mol. The van der Waals surface area contributed by atoms with E-state index in [-0.39, 0.29) is 5.82 Å². The summed E-state index contributed by atoms with van der Waals surface area (Å²) < 4.78 is 12.8. The standard InChI is InChI=1S/C14H20FNO/c1-2-16-13-7-9-14(17,10-8-13)11-3-5-12(15)6-4-11/h3-6,13,16-17H,2,7-10H2,1H3. The molecular weight excluding hydrogens is 217 g/mol. The van der Waals surface area contributed by atoms with Crippen molar-refractivity contribution in [1.82, 2.24) is 5.32 Å². The third-order valence-electron chi connectivity index (χ3n) is 3.69. The van der Waals surface area contributed by atoms with Crippen molar-refractivity contribution in [3.05, 3.63) is 35.6 Å². The van der Waals surface area contributed by atoms with Crippen LogP contribution < -0.4 is 5.32 Å². The van der Waals surface area contributed by atoms with Crippen LogP contribution in [-0.4, -0.2) is 17.7 Å². The summed E-state index contributed by atoms with van der Waals surface area (Å²) in [6.07, 6.45) is 3.44. The van der Waals surface area contributed by atoms with Crippen molar-refractivity contribution in [2.45, 2.75) is 44.2 Å². The molecule has 1 fully saturated rings. The van der Waals surface area contributed by atoms with Gasteiger partial charge in [0.2, 0.25) is 0 Å². The molecule has 1 aromatic rings. The maximum Gasteiger partial charge on any atom is 0.123 e. The molecule has 94 valence electrons. The number of halogens is 1. The van der Waals surface area contributed by atoms with Gasteiger partial charge in [0.15, 0.2) is 0 Å². The lowest BCUT2D eigenvalue weighted by Gasteiger charge is -2.36. The summed E-state index contributed by atoms with van der Waals surface area (Å²) in [6.45, 7) is 3.07. The predicted octanol–water partition coefficient (Wildman–Crippen LogP) is 2.57. The van der Waals surface area contributed by atoms with Crippen molar-refractivity contribution in [3.63, 3.8) is 0 Å². The lowest BCUT2D eigenvalue weighted by Crippen LogP contribution is -2.39. The Labute approximate surface area is 102 Å². The molecule has 0 heterocycles. The number of benzene rings is 1. The van der Waals surface area contributed by atoms with Crippen LogP contribution in [0.2, 0.25) is 0 Å². The molecule has 1 aliphatic rings. The highest BCUT2D eigenvalue weighted by Gasteiger charge is 2.34. The molecule has 0 unspecified atom stereocenters. The molecule has 0 spiro atoms. The van der Waals surface area contributed by atoms with Crippen molar-refractivity contribution >= 4 is 0 Å². The Morgan fingerprint density at radius 3 is 2.41 bits per heavy atom. The average molecular weight is 237 g/mol. The van der Waals surface area contributed by atoms with Gasteiger partial charge >= 0.3 is 0 Å². The summed E-state index contributed by atoms with van der Waals surface area (Å²) in [5.41, 5.74) is 0.0773. The minimum atomic E-state index is -0.764. The summed E-state index contributed by atoms with van der Waals surface area (Å²) >= 11 is 0. The number of aliphatic hydroxyl groups is 1. The van der Waals surface area contributed by atoms with E-state index in [4.69, 9.17) is 0 Å². The van der Waals surface area contributed by atoms with Gasteiger partial charge in [-0.05, 0) is 49.9 Å². The largest absolute Gasteiger partial charge is 0.385 e. The number of hydrogen-bond acceptors (Lipinski definition) is 2. The first-order valence-corrected chi connectivity index (χ1v) is 6.36. The molecule has 1 aromatic carbocycles. The van der Waals surface area contributed by atoms with Crippen LogP contribution in [0, 0.1) is 5.82 Å². The summed E-state index contributed by atoms with van der Waals surface area (Å²) in [5, 5.41) is 14.0. The second-order valence-corrected chi connectivity index (χ2v) is 4.87. The minimum Gasteiger partial charge on any atom is -0.385 e. The molecule has 3 heteroatoms. The van der Waals surface area contributed by atoms with Crippen LogP contribution in [0.4, 0.5) is 4.39 Å². The van der Waals surface area contributed by atoms with E-state index in [1.165, 1.54) is 12.1 Å². The highest BCUT2D eigenvalue weighted by atomic mass is 19.1. The lowest BCUT2D eigenvalue weighted by molar-refractivity contribution is -0.00819. The third-order valence-corrected chi connectivity index (χ3v) is 3.69. The molecule has 0 amide bonds. The first-order valence-electron chi connectivity index (χ1n) is 6.36. The van der Waals surface area contributed by atoms with Crippen LogP contribution in [0.25, 0.3) is 0 Å². The molecule has 0 atom stereocenters. The Bertz CT molecular complexity index is 355. The molecule has 0 aliphatic heterocycles. The second-order valence-electron chi connectivity index (χ2n) is 4.87. The third kappa shape index (κ3) is 2.85. The summed E-state index contributed by atoms with van der Waals surface area (Å²) in [6, 6.07) is 6.75.